The molecule has 1 aliphatic rings. The van der Waals surface area contributed by atoms with Crippen molar-refractivity contribution in [2.75, 3.05) is 13.7 Å². The van der Waals surface area contributed by atoms with Crippen molar-refractivity contribution in [1.29, 1.82) is 0 Å². The quantitative estimate of drug-likeness (QED) is 0.767. The molecule has 0 saturated carbocycles. The second kappa shape index (κ2) is 3.83. The zero-order valence-electron chi connectivity index (χ0n) is 9.16. The maximum atomic E-state index is 9.56. The zero-order valence-corrected chi connectivity index (χ0v) is 9.16. The smallest absolute Gasteiger partial charge is 0.119 e. The fourth-order valence-corrected chi connectivity index (χ4v) is 2.14. The normalized spacial score (nSPS) is 30.5. The number of ether oxygens (including phenoxy) is 1. The fraction of sp³-hybridized carbons (Fsp3) is 0.500. The molecule has 2 N–H and O–H groups in total. The summed E-state index contributed by atoms with van der Waals surface area (Å²) >= 11 is 0. The molecular weight excluding hydrogens is 190 g/mol. The molecular formula is C12H17NO2. The first-order valence-electron chi connectivity index (χ1n) is 5.22. The average molecular weight is 207 g/mol. The zero-order chi connectivity index (χ0) is 10.9. The van der Waals surface area contributed by atoms with Crippen molar-refractivity contribution in [3.63, 3.8) is 0 Å². The fourth-order valence-electron chi connectivity index (χ4n) is 2.14. The largest absolute Gasteiger partial charge is 0.497 e. The van der Waals surface area contributed by atoms with Crippen LogP contribution in [0.4, 0.5) is 0 Å². The van der Waals surface area contributed by atoms with E-state index in [1.807, 2.05) is 18.2 Å². The van der Waals surface area contributed by atoms with Crippen LogP contribution in [-0.4, -0.2) is 24.9 Å². The highest BCUT2D eigenvalue weighted by atomic mass is 16.5. The molecule has 0 amide bonds. The summed E-state index contributed by atoms with van der Waals surface area (Å²) in [4.78, 5) is 0. The Morgan fingerprint density at radius 2 is 2.33 bits per heavy atom. The van der Waals surface area contributed by atoms with Crippen LogP contribution in [0.1, 0.15) is 18.9 Å². The lowest BCUT2D eigenvalue weighted by Crippen LogP contribution is -2.32. The lowest BCUT2D eigenvalue weighted by molar-refractivity contribution is 0.186. The molecule has 1 aromatic rings. The predicted octanol–water partition coefficient (Wildman–Crippen LogP) is 1.26. The van der Waals surface area contributed by atoms with Gasteiger partial charge in [-0.2, -0.15) is 0 Å². The monoisotopic (exact) mass is 207 g/mol. The minimum atomic E-state index is -0.249. The molecule has 2 unspecified atom stereocenters. The lowest BCUT2D eigenvalue weighted by atomic mass is 9.90. The third-order valence-corrected chi connectivity index (χ3v) is 3.08. The summed E-state index contributed by atoms with van der Waals surface area (Å²) in [6, 6.07) is 7.99. The van der Waals surface area contributed by atoms with E-state index >= 15 is 0 Å². The Bertz CT molecular complexity index is 353. The molecule has 0 aliphatic carbocycles. The van der Waals surface area contributed by atoms with Crippen molar-refractivity contribution in [3.05, 3.63) is 29.8 Å². The van der Waals surface area contributed by atoms with Crippen LogP contribution in [0.15, 0.2) is 24.3 Å². The van der Waals surface area contributed by atoms with Gasteiger partial charge in [0.2, 0.25) is 0 Å². The topological polar surface area (TPSA) is 41.5 Å². The number of methoxy groups -OCH3 is 1. The standard InChI is InChI=1S/C12H17NO2/c1-12(7-10(14)8-13-12)9-4-3-5-11(6-9)15-2/h3-6,10,13-14H,7-8H2,1-2H3. The summed E-state index contributed by atoms with van der Waals surface area (Å²) in [5, 5.41) is 12.9. The van der Waals surface area contributed by atoms with Gasteiger partial charge in [0.1, 0.15) is 5.75 Å². The lowest BCUT2D eigenvalue weighted by Gasteiger charge is -2.25. The summed E-state index contributed by atoms with van der Waals surface area (Å²) in [7, 11) is 1.67. The van der Waals surface area contributed by atoms with Gasteiger partial charge in [0.25, 0.3) is 0 Å². The third-order valence-electron chi connectivity index (χ3n) is 3.08. The molecule has 1 fully saturated rings. The highest BCUT2D eigenvalue weighted by molar-refractivity contribution is 5.33. The van der Waals surface area contributed by atoms with Crippen molar-refractivity contribution in [2.45, 2.75) is 25.0 Å². The molecule has 0 spiro atoms. The van der Waals surface area contributed by atoms with E-state index in [0.29, 0.717) is 6.54 Å². The first-order valence-corrected chi connectivity index (χ1v) is 5.22. The Balaban J connectivity index is 2.28. The summed E-state index contributed by atoms with van der Waals surface area (Å²) in [5.41, 5.74) is 1.03. The van der Waals surface area contributed by atoms with E-state index in [1.54, 1.807) is 7.11 Å². The first kappa shape index (κ1) is 10.5. The molecule has 3 nitrogen and oxygen atoms in total. The van der Waals surface area contributed by atoms with Gasteiger partial charge in [-0.25, -0.2) is 0 Å². The summed E-state index contributed by atoms with van der Waals surface area (Å²) < 4.78 is 5.20. The minimum absolute atomic E-state index is 0.131. The number of hydrogen-bond acceptors (Lipinski definition) is 3. The Labute approximate surface area is 90.1 Å². The third kappa shape index (κ3) is 1.98. The number of nitrogens with one attached hydrogen (secondary N) is 1. The molecule has 2 rings (SSSR count). The number of benzene rings is 1. The van der Waals surface area contributed by atoms with E-state index in [9.17, 15) is 5.11 Å². The number of β-amino-alcohol motifs (C(OH)–C–C–N with tert-alkyl or cyclic N) is 1. The van der Waals surface area contributed by atoms with Gasteiger partial charge in [-0.3, -0.25) is 0 Å². The molecule has 1 aromatic carbocycles. The summed E-state index contributed by atoms with van der Waals surface area (Å²) in [6.07, 6.45) is 0.501. The molecule has 82 valence electrons. The molecule has 2 atom stereocenters. The number of aliphatic hydroxyl groups is 1. The minimum Gasteiger partial charge on any atom is -0.497 e. The van der Waals surface area contributed by atoms with Crippen LogP contribution in [0.3, 0.4) is 0 Å². The van der Waals surface area contributed by atoms with Crippen LogP contribution < -0.4 is 10.1 Å². The van der Waals surface area contributed by atoms with Crippen molar-refractivity contribution in [1.82, 2.24) is 5.32 Å². The van der Waals surface area contributed by atoms with E-state index in [-0.39, 0.29) is 11.6 Å². The highest BCUT2D eigenvalue weighted by Gasteiger charge is 2.35. The van der Waals surface area contributed by atoms with Gasteiger partial charge in [-0.1, -0.05) is 12.1 Å². The van der Waals surface area contributed by atoms with Gasteiger partial charge < -0.3 is 15.2 Å². The summed E-state index contributed by atoms with van der Waals surface area (Å²) in [6.45, 7) is 2.77. The van der Waals surface area contributed by atoms with Gasteiger partial charge >= 0.3 is 0 Å². The van der Waals surface area contributed by atoms with Crippen molar-refractivity contribution < 1.29 is 9.84 Å². The number of rotatable bonds is 2. The average Bonchev–Trinajstić information content (AvgIpc) is 2.60. The van der Waals surface area contributed by atoms with Gasteiger partial charge in [0.15, 0.2) is 0 Å². The van der Waals surface area contributed by atoms with Crippen LogP contribution in [-0.2, 0) is 5.54 Å². The summed E-state index contributed by atoms with van der Waals surface area (Å²) in [5.74, 6) is 0.858. The van der Waals surface area contributed by atoms with Gasteiger partial charge in [0.05, 0.1) is 13.2 Å². The van der Waals surface area contributed by atoms with E-state index in [1.165, 1.54) is 5.56 Å². The van der Waals surface area contributed by atoms with E-state index < -0.39 is 0 Å². The second-order valence-corrected chi connectivity index (χ2v) is 4.30. The SMILES string of the molecule is COc1cccc(C2(C)CC(O)CN2)c1. The molecule has 1 saturated heterocycles. The predicted molar refractivity (Wildman–Crippen MR) is 59.0 cm³/mol. The van der Waals surface area contributed by atoms with Crippen molar-refractivity contribution in [2.24, 2.45) is 0 Å². The maximum absolute atomic E-state index is 9.56. The molecule has 1 heterocycles. The Morgan fingerprint density at radius 3 is 2.93 bits per heavy atom. The van der Waals surface area contributed by atoms with Gasteiger partial charge in [-0.05, 0) is 31.0 Å². The van der Waals surface area contributed by atoms with E-state index in [2.05, 4.69) is 18.3 Å². The highest BCUT2D eigenvalue weighted by Crippen LogP contribution is 2.32. The first-order chi connectivity index (χ1) is 7.14. The number of hydrogen-bond donors (Lipinski definition) is 2. The van der Waals surface area contributed by atoms with Crippen molar-refractivity contribution in [3.8, 4) is 5.75 Å². The van der Waals surface area contributed by atoms with Gasteiger partial charge in [-0.15, -0.1) is 0 Å². The Morgan fingerprint density at radius 1 is 1.53 bits per heavy atom. The molecule has 1 aliphatic heterocycles. The Hall–Kier alpha value is -1.06. The van der Waals surface area contributed by atoms with E-state index in [4.69, 9.17) is 4.74 Å². The van der Waals surface area contributed by atoms with Crippen LogP contribution in [0.2, 0.25) is 0 Å². The van der Waals surface area contributed by atoms with Gasteiger partial charge in [0, 0.05) is 12.1 Å². The maximum Gasteiger partial charge on any atom is 0.119 e. The number of aliphatic hydroxyl groups excluding tert-OH is 1. The molecule has 0 aromatic heterocycles. The Kier molecular flexibility index (Phi) is 2.67. The molecule has 0 radical (unpaired) electrons. The van der Waals surface area contributed by atoms with Crippen LogP contribution in [0, 0.1) is 0 Å². The second-order valence-electron chi connectivity index (χ2n) is 4.30. The van der Waals surface area contributed by atoms with Crippen LogP contribution >= 0.6 is 0 Å². The van der Waals surface area contributed by atoms with Crippen molar-refractivity contribution >= 4 is 0 Å². The van der Waals surface area contributed by atoms with Crippen LogP contribution in [0.25, 0.3) is 0 Å². The van der Waals surface area contributed by atoms with Crippen LogP contribution in [0.5, 0.6) is 5.75 Å². The van der Waals surface area contributed by atoms with E-state index in [0.717, 1.165) is 12.2 Å². The molecule has 15 heavy (non-hydrogen) atoms. The molecule has 0 bridgehead atoms. The molecule has 3 heteroatoms.